The third-order valence-corrected chi connectivity index (χ3v) is 18.9. The van der Waals surface area contributed by atoms with Crippen molar-refractivity contribution in [1.82, 2.24) is 31.9 Å². The van der Waals surface area contributed by atoms with E-state index >= 15 is 14.4 Å². The number of aliphatic hydroxyl groups is 6. The number of hydrogen-bond acceptors (Lipinski definition) is 24. The van der Waals surface area contributed by atoms with Gasteiger partial charge in [-0.1, -0.05) is 55.2 Å². The van der Waals surface area contributed by atoms with Gasteiger partial charge in [-0.15, -0.1) is 0 Å². The average molecular weight is 1480 g/mol. The highest BCUT2D eigenvalue weighted by atomic mass is 35.5. The first-order valence-electron chi connectivity index (χ1n) is 32.4. The molecule has 35 heteroatoms. The second-order valence-electron chi connectivity index (χ2n) is 27.4. The fraction of sp³-hybridized carbons (Fsp3) is 0.441. The molecule has 0 aromatic heterocycles. The summed E-state index contributed by atoms with van der Waals surface area (Å²) in [5.74, 6) is -16.7. The lowest BCUT2D eigenvalue weighted by Gasteiger charge is -2.47. The zero-order valence-corrected chi connectivity index (χ0v) is 57.7. The molecule has 18 atom stereocenters. The van der Waals surface area contributed by atoms with Crippen LogP contribution < -0.4 is 51.8 Å². The molecular formula is C68H79Cl2N8O25+. The van der Waals surface area contributed by atoms with Crippen LogP contribution in [0.1, 0.15) is 105 Å². The molecule has 5 aromatic rings. The zero-order chi connectivity index (χ0) is 75.3. The molecule has 7 aliphatic heterocycles. The number of aromatic hydroxyl groups is 3. The van der Waals surface area contributed by atoms with Crippen molar-refractivity contribution in [1.29, 1.82) is 0 Å². The number of carbonyl (C=O) groups excluding carboxylic acids is 6. The van der Waals surface area contributed by atoms with Crippen LogP contribution in [0.15, 0.2) is 78.9 Å². The van der Waals surface area contributed by atoms with E-state index in [2.05, 4.69) is 31.9 Å². The van der Waals surface area contributed by atoms with E-state index in [1.807, 2.05) is 13.8 Å². The van der Waals surface area contributed by atoms with E-state index < -0.39 is 237 Å². The first-order chi connectivity index (χ1) is 48.3. The van der Waals surface area contributed by atoms with Crippen molar-refractivity contribution in [2.45, 2.75) is 156 Å². The summed E-state index contributed by atoms with van der Waals surface area (Å²) in [6.07, 6.45) is -18.9. The first-order valence-corrected chi connectivity index (χ1v) is 33.1. The maximum atomic E-state index is 16.0. The number of nitrogens with zero attached hydrogens (tertiary/aromatic N) is 1. The summed E-state index contributed by atoms with van der Waals surface area (Å²) >= 11 is 14.1. The Morgan fingerprint density at radius 3 is 1.86 bits per heavy atom. The van der Waals surface area contributed by atoms with Crippen molar-refractivity contribution in [3.05, 3.63) is 117 Å². The Morgan fingerprint density at radius 2 is 1.29 bits per heavy atom. The van der Waals surface area contributed by atoms with Gasteiger partial charge in [0.2, 0.25) is 41.6 Å². The lowest BCUT2D eigenvalue weighted by atomic mass is 9.86. The van der Waals surface area contributed by atoms with Gasteiger partial charge >= 0.3 is 11.9 Å². The number of hydrogen-bond donors (Lipinski definition) is 18. The molecule has 5 aromatic carbocycles. The number of nitrogens with two attached hydrogens (primary N) is 1. The molecule has 7 heterocycles. The molecule has 1 unspecified atom stereocenters. The number of aliphatic carboxylic acids is 2. The van der Waals surface area contributed by atoms with E-state index in [9.17, 15) is 80.1 Å². The van der Waals surface area contributed by atoms with Crippen molar-refractivity contribution in [2.75, 3.05) is 27.7 Å². The number of carboxylic acids is 2. The Bertz CT molecular complexity index is 4160. The second-order valence-corrected chi connectivity index (χ2v) is 28.2. The number of nitrogens with one attached hydrogen (secondary N) is 6. The number of halogens is 2. The van der Waals surface area contributed by atoms with Crippen molar-refractivity contribution in [3.63, 3.8) is 0 Å². The Hall–Kier alpha value is -9.20. The highest BCUT2D eigenvalue weighted by Crippen LogP contribution is 2.50. The predicted molar refractivity (Wildman–Crippen MR) is 357 cm³/mol. The van der Waals surface area contributed by atoms with Crippen LogP contribution in [0.5, 0.6) is 46.0 Å². The molecular weight excluding hydrogens is 1400 g/mol. The molecule has 12 rings (SSSR count). The molecule has 0 spiro atoms. The smallest absolute Gasteiger partial charge is 0.330 e. The summed E-state index contributed by atoms with van der Waals surface area (Å²) in [6.45, 7) is 5.70. The molecule has 0 saturated carbocycles. The van der Waals surface area contributed by atoms with Crippen LogP contribution in [-0.4, -0.2) is 215 Å². The second kappa shape index (κ2) is 30.2. The molecule has 7 aliphatic rings. The van der Waals surface area contributed by atoms with Gasteiger partial charge in [0, 0.05) is 41.1 Å². The number of carboxylic acid groups (broad SMARTS) is 2. The van der Waals surface area contributed by atoms with Crippen LogP contribution >= 0.6 is 23.2 Å². The standard InChI is InChI=1S/C68H78Cl2N8O25/c1-25(2)14-37(78(5,6)7)61(91)76-51-53(85)28-9-12-40(34(69)16-28)99-42-18-30-19-43(57(42)103-67-58(56(88)55(87)44(24-79)101-67)102-46-23-68(4,71)59(89)26(3)98-46)100-41-13-10-29(17-35(41)70)54(86)52-65(95)75-50(66(96)97)33-20-31(80)21-39(82)47(33)32-15-27(8-11-38(32)81)48(62(92)77-52)74-63(93)49(30)73-60(90)36(22-45(83)84)72-64(51)94/h8-13,15-21,25-26,36-37,44,46,48-56,58-59,67,79,85-89H,14,22-24,71H2,1-7H3,(H10-,72,73,74,75,76,77,80,81,82,83,84,90,91,92,93,94,95,96,97)/p+1/t26-,36-,37+,44+,46?,48+,49+,50-,51+,52-,53+,54+,55+,56-,58+,59+,67-,68-/m0/s1. The third kappa shape index (κ3) is 16.3. The number of aliphatic hydroxyl groups excluding tert-OH is 6. The van der Waals surface area contributed by atoms with Crippen LogP contribution in [0.3, 0.4) is 0 Å². The van der Waals surface area contributed by atoms with Crippen LogP contribution in [0.4, 0.5) is 0 Å². The van der Waals surface area contributed by atoms with E-state index in [1.165, 1.54) is 26.0 Å². The van der Waals surface area contributed by atoms with Gasteiger partial charge in [0.25, 0.3) is 5.91 Å². The molecule has 0 radical (unpaired) electrons. The summed E-state index contributed by atoms with van der Waals surface area (Å²) in [5.41, 5.74) is 2.17. The maximum absolute atomic E-state index is 16.0. The average Bonchev–Trinajstić information content (AvgIpc) is 0.767. The van der Waals surface area contributed by atoms with Crippen LogP contribution in [0, 0.1) is 5.92 Å². The quantitative estimate of drug-likeness (QED) is 0.0736. The molecule has 33 nitrogen and oxygen atoms in total. The minimum atomic E-state index is -2.39. The summed E-state index contributed by atoms with van der Waals surface area (Å²) in [7, 11) is 5.13. The van der Waals surface area contributed by atoms with E-state index in [0.717, 1.165) is 66.7 Å². The van der Waals surface area contributed by atoms with Gasteiger partial charge in [0.1, 0.15) is 89.5 Å². The van der Waals surface area contributed by atoms with Gasteiger partial charge in [-0.2, -0.15) is 0 Å². The van der Waals surface area contributed by atoms with Gasteiger partial charge in [-0.25, -0.2) is 4.79 Å². The highest BCUT2D eigenvalue weighted by molar-refractivity contribution is 6.32. The van der Waals surface area contributed by atoms with Gasteiger partial charge in [-0.3, -0.25) is 33.6 Å². The van der Waals surface area contributed by atoms with Crippen LogP contribution in [0.25, 0.3) is 11.1 Å². The number of benzene rings is 5. The van der Waals surface area contributed by atoms with Crippen molar-refractivity contribution in [2.24, 2.45) is 11.7 Å². The highest BCUT2D eigenvalue weighted by Gasteiger charge is 2.52. The van der Waals surface area contributed by atoms with Gasteiger partial charge in [-0.05, 0) is 96.6 Å². The fourth-order valence-electron chi connectivity index (χ4n) is 12.9. The number of ether oxygens (including phenoxy) is 6. The fourth-order valence-corrected chi connectivity index (χ4v) is 13.3. The number of phenolic OH excluding ortho intramolecular Hbond substituents is 3. The van der Waals surface area contributed by atoms with E-state index in [4.69, 9.17) is 57.4 Å². The topological polar surface area (TPSA) is 513 Å². The monoisotopic (exact) mass is 1480 g/mol. The molecule has 2 saturated heterocycles. The summed E-state index contributed by atoms with van der Waals surface area (Å²) in [4.78, 5) is 117. The molecule has 11 bridgehead atoms. The SMILES string of the molecule is CC(C)C[C@H](C(=O)N[C@H]1C(=O)N[C@@H](CC(=O)O)C(=O)N[C@H]2C(=O)N[C@H]3C(=O)N[C@H](C(=O)N[C@H](C(=O)O)c4cc(O)cc(O)c4-c4cc3ccc4O)[C@H](O)c3ccc(c(Cl)c3)Oc3cc2cc(c3O[C@@H]2O[C@H](CO)[C@@H](O)[C@H](O)[C@H]2OC2C[C@](C)(N)[C@H](O)[C@H](C)O2)Oc2ccc(cc2Cl)[C@H]1O)[N+](C)(C)C. The zero-order valence-electron chi connectivity index (χ0n) is 56.1. The predicted octanol–water partition coefficient (Wildman–Crippen LogP) is 1.19. The van der Waals surface area contributed by atoms with E-state index in [-0.39, 0.29) is 50.7 Å². The largest absolute Gasteiger partial charge is 0.508 e. The van der Waals surface area contributed by atoms with Gasteiger partial charge in [0.05, 0.1) is 56.4 Å². The number of carbonyl (C=O) groups is 8. The van der Waals surface area contributed by atoms with E-state index in [1.54, 1.807) is 21.1 Å². The molecule has 19 N–H and O–H groups in total. The summed E-state index contributed by atoms with van der Waals surface area (Å²) < 4.78 is 38.3. The molecule has 6 amide bonds. The van der Waals surface area contributed by atoms with Crippen molar-refractivity contribution < 1.29 is 127 Å². The minimum absolute atomic E-state index is 0.000268. The van der Waals surface area contributed by atoms with Gasteiger partial charge in [0.15, 0.2) is 36.0 Å². The number of quaternary nitrogens is 1. The lowest BCUT2D eigenvalue weighted by Crippen LogP contribution is -2.64. The summed E-state index contributed by atoms with van der Waals surface area (Å²) in [6, 6.07) is -0.956. The Kier molecular flexibility index (Phi) is 22.4. The Labute approximate surface area is 596 Å². The molecule has 554 valence electrons. The number of fused-ring (bicyclic) bond motifs is 15. The number of amides is 6. The molecule has 0 aliphatic carbocycles. The van der Waals surface area contributed by atoms with Crippen molar-refractivity contribution in [3.8, 4) is 57.1 Å². The summed E-state index contributed by atoms with van der Waals surface area (Å²) in [5, 5.41) is 138. The van der Waals surface area contributed by atoms with Crippen LogP contribution in [-0.2, 0) is 52.6 Å². The van der Waals surface area contributed by atoms with E-state index in [0.29, 0.717) is 0 Å². The molecule has 2 fully saturated rings. The third-order valence-electron chi connectivity index (χ3n) is 18.3. The van der Waals surface area contributed by atoms with Crippen molar-refractivity contribution >= 4 is 70.6 Å². The normalized spacial score (nSPS) is 29.3. The van der Waals surface area contributed by atoms with Crippen LogP contribution in [0.2, 0.25) is 10.0 Å². The number of phenols is 3. The number of likely N-dealkylation sites (N-methyl/N-ethyl adjacent to an activating group) is 1. The minimum Gasteiger partial charge on any atom is -0.508 e. The van der Waals surface area contributed by atoms with Gasteiger partial charge < -0.3 is 127 Å². The Balaban J connectivity index is 1.24. The molecule has 103 heavy (non-hydrogen) atoms. The maximum Gasteiger partial charge on any atom is 0.330 e. The first kappa shape index (κ1) is 76.4. The Morgan fingerprint density at radius 1 is 0.699 bits per heavy atom. The number of rotatable bonds is 13. The lowest BCUT2D eigenvalue weighted by molar-refractivity contribution is -0.887.